The molecule has 0 rings (SSSR count). The van der Waals surface area contributed by atoms with Crippen LogP contribution in [0.15, 0.2) is 11.9 Å². The molecule has 0 aliphatic carbocycles. The normalized spacial score (nSPS) is 18.9. The van der Waals surface area contributed by atoms with Crippen LogP contribution in [0.2, 0.25) is 0 Å². The van der Waals surface area contributed by atoms with Gasteiger partial charge >= 0.3 is 0 Å². The zero-order chi connectivity index (χ0) is 6.62. The zero-order valence-corrected chi connectivity index (χ0v) is 6.06. The van der Waals surface area contributed by atoms with Crippen LogP contribution in [0.1, 0.15) is 13.8 Å². The maximum absolute atomic E-state index is 10.7. The molecule has 1 atom stereocenters. The standard InChI is InChI=1S/C5H11O2P/c1-3-5-8(6,7)4-2/h3,5H,4H2,1-2H3,(H,6,7)/b5-3-. The lowest BCUT2D eigenvalue weighted by Gasteiger charge is -1.98. The van der Waals surface area contributed by atoms with E-state index in [9.17, 15) is 4.57 Å². The molecule has 2 nitrogen and oxygen atoms in total. The highest BCUT2D eigenvalue weighted by Crippen LogP contribution is 2.40. The molecular weight excluding hydrogens is 123 g/mol. The molecule has 1 unspecified atom stereocenters. The van der Waals surface area contributed by atoms with E-state index in [-0.39, 0.29) is 0 Å². The fourth-order valence-corrected chi connectivity index (χ4v) is 1.02. The lowest BCUT2D eigenvalue weighted by molar-refractivity contribution is 0.490. The van der Waals surface area contributed by atoms with Gasteiger partial charge in [-0.1, -0.05) is 13.0 Å². The Labute approximate surface area is 49.7 Å². The predicted molar refractivity (Wildman–Crippen MR) is 35.2 cm³/mol. The molecule has 48 valence electrons. The summed E-state index contributed by atoms with van der Waals surface area (Å²) in [5, 5.41) is 0. The first-order valence-corrected chi connectivity index (χ1v) is 4.49. The lowest BCUT2D eigenvalue weighted by atomic mass is 10.8. The Morgan fingerprint density at radius 1 is 1.75 bits per heavy atom. The molecule has 1 N–H and O–H groups in total. The van der Waals surface area contributed by atoms with Gasteiger partial charge in [-0.05, 0) is 12.7 Å². The Bertz CT molecular complexity index is 128. The van der Waals surface area contributed by atoms with E-state index in [1.165, 1.54) is 5.82 Å². The summed E-state index contributed by atoms with van der Waals surface area (Å²) in [5.74, 6) is 1.35. The minimum atomic E-state index is -2.85. The molecule has 0 fully saturated rings. The summed E-state index contributed by atoms with van der Waals surface area (Å²) in [5.41, 5.74) is 0. The van der Waals surface area contributed by atoms with Crippen molar-refractivity contribution in [3.63, 3.8) is 0 Å². The summed E-state index contributed by atoms with van der Waals surface area (Å²) in [6, 6.07) is 0. The Hall–Kier alpha value is -0.0700. The van der Waals surface area contributed by atoms with E-state index in [4.69, 9.17) is 4.89 Å². The van der Waals surface area contributed by atoms with Gasteiger partial charge in [0.1, 0.15) is 0 Å². The Morgan fingerprint density at radius 2 is 2.25 bits per heavy atom. The van der Waals surface area contributed by atoms with Crippen molar-refractivity contribution < 1.29 is 9.46 Å². The van der Waals surface area contributed by atoms with Gasteiger partial charge in [-0.3, -0.25) is 4.57 Å². The van der Waals surface area contributed by atoms with Gasteiger partial charge in [-0.2, -0.15) is 0 Å². The number of hydrogen-bond donors (Lipinski definition) is 1. The first kappa shape index (κ1) is 7.93. The second kappa shape index (κ2) is 3.06. The summed E-state index contributed by atoms with van der Waals surface area (Å²) < 4.78 is 10.7. The van der Waals surface area contributed by atoms with E-state index in [1.807, 2.05) is 0 Å². The summed E-state index contributed by atoms with van der Waals surface area (Å²) in [6.45, 7) is 3.43. The molecule has 0 aromatic rings. The van der Waals surface area contributed by atoms with Crippen molar-refractivity contribution in [3.05, 3.63) is 11.9 Å². The van der Waals surface area contributed by atoms with Crippen molar-refractivity contribution in [2.75, 3.05) is 6.16 Å². The van der Waals surface area contributed by atoms with E-state index in [0.717, 1.165) is 0 Å². The Morgan fingerprint density at radius 3 is 2.38 bits per heavy atom. The molecule has 0 spiro atoms. The van der Waals surface area contributed by atoms with Crippen LogP contribution in [-0.4, -0.2) is 11.1 Å². The van der Waals surface area contributed by atoms with Crippen LogP contribution in [0.4, 0.5) is 0 Å². The summed E-state index contributed by atoms with van der Waals surface area (Å²) >= 11 is 0. The van der Waals surface area contributed by atoms with Gasteiger partial charge < -0.3 is 4.89 Å². The van der Waals surface area contributed by atoms with Crippen LogP contribution in [0.25, 0.3) is 0 Å². The number of allylic oxidation sites excluding steroid dienone is 1. The van der Waals surface area contributed by atoms with E-state index in [1.54, 1.807) is 19.9 Å². The maximum atomic E-state index is 10.7. The molecule has 0 heterocycles. The van der Waals surface area contributed by atoms with Gasteiger partial charge in [0.25, 0.3) is 0 Å². The van der Waals surface area contributed by atoms with Crippen molar-refractivity contribution in [3.8, 4) is 0 Å². The predicted octanol–water partition coefficient (Wildman–Crippen LogP) is 1.81. The van der Waals surface area contributed by atoms with Crippen molar-refractivity contribution in [1.82, 2.24) is 0 Å². The quantitative estimate of drug-likeness (QED) is 0.585. The lowest BCUT2D eigenvalue weighted by Crippen LogP contribution is -1.75. The van der Waals surface area contributed by atoms with Crippen LogP contribution in [-0.2, 0) is 4.57 Å². The number of hydrogen-bond acceptors (Lipinski definition) is 1. The molecule has 3 heteroatoms. The first-order valence-electron chi connectivity index (χ1n) is 2.57. The van der Waals surface area contributed by atoms with E-state index in [2.05, 4.69) is 0 Å². The fourth-order valence-electron chi connectivity index (χ4n) is 0.338. The molecule has 0 saturated heterocycles. The third-order valence-corrected chi connectivity index (χ3v) is 2.51. The fraction of sp³-hybridized carbons (Fsp3) is 0.600. The van der Waals surface area contributed by atoms with Crippen molar-refractivity contribution in [1.29, 1.82) is 0 Å². The van der Waals surface area contributed by atoms with Crippen molar-refractivity contribution >= 4 is 7.37 Å². The van der Waals surface area contributed by atoms with Gasteiger partial charge in [-0.25, -0.2) is 0 Å². The third-order valence-electron chi connectivity index (χ3n) is 0.835. The van der Waals surface area contributed by atoms with Crippen molar-refractivity contribution in [2.45, 2.75) is 13.8 Å². The second-order valence-electron chi connectivity index (χ2n) is 1.55. The molecule has 0 aromatic heterocycles. The number of rotatable bonds is 2. The summed E-state index contributed by atoms with van der Waals surface area (Å²) in [7, 11) is -2.85. The van der Waals surface area contributed by atoms with E-state index < -0.39 is 7.37 Å². The average molecular weight is 134 g/mol. The van der Waals surface area contributed by atoms with Crippen molar-refractivity contribution in [2.24, 2.45) is 0 Å². The minimum absolute atomic E-state index is 0.331. The van der Waals surface area contributed by atoms with E-state index >= 15 is 0 Å². The molecule has 8 heavy (non-hydrogen) atoms. The smallest absolute Gasteiger partial charge is 0.222 e. The highest BCUT2D eigenvalue weighted by molar-refractivity contribution is 7.61. The van der Waals surface area contributed by atoms with Gasteiger partial charge in [0, 0.05) is 6.16 Å². The van der Waals surface area contributed by atoms with Crippen LogP contribution in [0, 0.1) is 0 Å². The highest BCUT2D eigenvalue weighted by Gasteiger charge is 2.06. The molecule has 0 aliphatic heterocycles. The SMILES string of the molecule is C/C=C\P(=O)(O)CC. The maximum Gasteiger partial charge on any atom is 0.222 e. The zero-order valence-electron chi connectivity index (χ0n) is 5.16. The molecule has 0 aliphatic rings. The van der Waals surface area contributed by atoms with Crippen LogP contribution in [0.3, 0.4) is 0 Å². The van der Waals surface area contributed by atoms with E-state index in [0.29, 0.717) is 6.16 Å². The van der Waals surface area contributed by atoms with Gasteiger partial charge in [0.2, 0.25) is 7.37 Å². The van der Waals surface area contributed by atoms with Gasteiger partial charge in [0.15, 0.2) is 0 Å². The summed E-state index contributed by atoms with van der Waals surface area (Å²) in [6.07, 6.45) is 1.93. The molecule has 0 amide bonds. The topological polar surface area (TPSA) is 37.3 Å². The molecule has 0 aromatic carbocycles. The second-order valence-corrected chi connectivity index (χ2v) is 4.00. The molecule has 0 bridgehead atoms. The van der Waals surface area contributed by atoms with Crippen LogP contribution < -0.4 is 0 Å². The molecular formula is C5H11O2P. The Balaban J connectivity index is 3.93. The monoisotopic (exact) mass is 134 g/mol. The highest BCUT2D eigenvalue weighted by atomic mass is 31.2. The van der Waals surface area contributed by atoms with Gasteiger partial charge in [-0.15, -0.1) is 0 Å². The van der Waals surface area contributed by atoms with Crippen LogP contribution >= 0.6 is 7.37 Å². The largest absolute Gasteiger partial charge is 0.341 e. The van der Waals surface area contributed by atoms with Crippen LogP contribution in [0.5, 0.6) is 0 Å². The Kier molecular flexibility index (Phi) is 3.03. The summed E-state index contributed by atoms with van der Waals surface area (Å²) in [4.78, 5) is 8.79. The third kappa shape index (κ3) is 3.00. The minimum Gasteiger partial charge on any atom is -0.341 e. The molecule has 0 saturated carbocycles. The first-order chi connectivity index (χ1) is 3.62. The van der Waals surface area contributed by atoms with Gasteiger partial charge in [0.05, 0.1) is 0 Å². The average Bonchev–Trinajstić information content (AvgIpc) is 1.67. The molecule has 0 radical (unpaired) electrons.